The first kappa shape index (κ1) is 21.9. The van der Waals surface area contributed by atoms with E-state index in [1.165, 1.54) is 51.5 Å². The van der Waals surface area contributed by atoms with Gasteiger partial charge in [-0.15, -0.1) is 0 Å². The molecule has 0 aromatic heterocycles. The number of carbonyl (C=O) groups excluding carboxylic acids is 2. The van der Waals surface area contributed by atoms with E-state index in [1.807, 2.05) is 0 Å². The second kappa shape index (κ2) is 10.3. The van der Waals surface area contributed by atoms with Crippen molar-refractivity contribution in [1.29, 1.82) is 0 Å². The van der Waals surface area contributed by atoms with Crippen LogP contribution in [0.5, 0.6) is 23.0 Å². The number of methoxy groups -OCH3 is 2. The lowest BCUT2D eigenvalue weighted by molar-refractivity contribution is -0.147. The van der Waals surface area contributed by atoms with E-state index in [4.69, 9.17) is 18.9 Å². The highest BCUT2D eigenvalue weighted by atomic mass is 19.3. The Kier molecular flexibility index (Phi) is 7.76. The molecule has 156 valence electrons. The van der Waals surface area contributed by atoms with Gasteiger partial charge in [-0.1, -0.05) is 6.07 Å². The normalized spacial score (nSPS) is 10.4. The number of alkyl halides is 2. The van der Waals surface area contributed by atoms with Gasteiger partial charge in [-0.25, -0.2) is 4.79 Å². The summed E-state index contributed by atoms with van der Waals surface area (Å²) in [6, 6.07) is 8.79. The molecule has 0 unspecified atom stereocenters. The Morgan fingerprint density at radius 2 is 1.59 bits per heavy atom. The molecule has 9 heteroatoms. The van der Waals surface area contributed by atoms with Crippen molar-refractivity contribution in [2.45, 2.75) is 20.1 Å². The van der Waals surface area contributed by atoms with Gasteiger partial charge in [-0.3, -0.25) is 4.79 Å². The Morgan fingerprint density at radius 1 is 0.931 bits per heavy atom. The van der Waals surface area contributed by atoms with Crippen LogP contribution in [0.4, 0.5) is 8.78 Å². The molecule has 0 bridgehead atoms. The Morgan fingerprint density at radius 3 is 2.21 bits per heavy atom. The van der Waals surface area contributed by atoms with Crippen LogP contribution in [0.25, 0.3) is 0 Å². The Balaban J connectivity index is 1.93. The summed E-state index contributed by atoms with van der Waals surface area (Å²) in [5, 5.41) is 0. The monoisotopic (exact) mass is 410 g/mol. The number of benzene rings is 2. The molecule has 0 aliphatic carbocycles. The zero-order valence-electron chi connectivity index (χ0n) is 16.1. The smallest absolute Gasteiger partial charge is 0.387 e. The summed E-state index contributed by atoms with van der Waals surface area (Å²) in [6.45, 7) is -2.06. The number of carbonyl (C=O) groups is 2. The van der Waals surface area contributed by atoms with E-state index in [0.717, 1.165) is 0 Å². The second-order valence-corrected chi connectivity index (χ2v) is 5.73. The third-order valence-corrected chi connectivity index (χ3v) is 3.76. The van der Waals surface area contributed by atoms with Gasteiger partial charge in [-0.2, -0.15) is 8.78 Å². The maximum absolute atomic E-state index is 12.3. The zero-order chi connectivity index (χ0) is 21.4. The molecule has 29 heavy (non-hydrogen) atoms. The number of esters is 1. The molecular formula is C20H20F2O7. The van der Waals surface area contributed by atoms with Gasteiger partial charge in [0.1, 0.15) is 6.61 Å². The van der Waals surface area contributed by atoms with Crippen molar-refractivity contribution in [1.82, 2.24) is 0 Å². The van der Waals surface area contributed by atoms with Crippen LogP contribution in [0.15, 0.2) is 36.4 Å². The van der Waals surface area contributed by atoms with E-state index in [2.05, 4.69) is 4.74 Å². The summed E-state index contributed by atoms with van der Waals surface area (Å²) in [7, 11) is 2.72. The van der Waals surface area contributed by atoms with Crippen molar-refractivity contribution in [2.24, 2.45) is 0 Å². The van der Waals surface area contributed by atoms with Crippen LogP contribution in [-0.2, 0) is 16.1 Å². The predicted molar refractivity (Wildman–Crippen MR) is 97.9 cm³/mol. The lowest BCUT2D eigenvalue weighted by atomic mass is 10.1. The van der Waals surface area contributed by atoms with E-state index in [0.29, 0.717) is 16.9 Å². The molecule has 0 fully saturated rings. The van der Waals surface area contributed by atoms with Gasteiger partial charge in [0.2, 0.25) is 0 Å². The molecule has 0 spiro atoms. The van der Waals surface area contributed by atoms with E-state index in [1.54, 1.807) is 6.07 Å². The number of Topliss-reactive ketones (excluding diaryl/α,β-unsaturated/α-hetero) is 1. The SMILES string of the molecule is COc1cc(C(C)=O)ccc1OCC(=O)OCc1ccc(OC(F)F)c(OC)c1. The minimum Gasteiger partial charge on any atom is -0.493 e. The van der Waals surface area contributed by atoms with Gasteiger partial charge in [0.25, 0.3) is 0 Å². The number of ether oxygens (including phenoxy) is 5. The lowest BCUT2D eigenvalue weighted by Gasteiger charge is -2.13. The highest BCUT2D eigenvalue weighted by Crippen LogP contribution is 2.30. The summed E-state index contributed by atoms with van der Waals surface area (Å²) in [4.78, 5) is 23.3. The van der Waals surface area contributed by atoms with Crippen molar-refractivity contribution >= 4 is 11.8 Å². The minimum atomic E-state index is -2.98. The van der Waals surface area contributed by atoms with Crippen LogP contribution in [0.2, 0.25) is 0 Å². The molecule has 0 heterocycles. The molecule has 0 atom stereocenters. The topological polar surface area (TPSA) is 80.3 Å². The van der Waals surface area contributed by atoms with E-state index in [9.17, 15) is 18.4 Å². The molecule has 2 rings (SSSR count). The van der Waals surface area contributed by atoms with Gasteiger partial charge in [0.15, 0.2) is 35.4 Å². The molecule has 0 radical (unpaired) electrons. The first-order chi connectivity index (χ1) is 13.8. The van der Waals surface area contributed by atoms with Crippen molar-refractivity contribution in [3.8, 4) is 23.0 Å². The third-order valence-electron chi connectivity index (χ3n) is 3.76. The largest absolute Gasteiger partial charge is 0.493 e. The van der Waals surface area contributed by atoms with Gasteiger partial charge < -0.3 is 23.7 Å². The Labute approximate surface area is 166 Å². The van der Waals surface area contributed by atoms with E-state index in [-0.39, 0.29) is 36.2 Å². The van der Waals surface area contributed by atoms with E-state index >= 15 is 0 Å². The first-order valence-electron chi connectivity index (χ1n) is 8.43. The lowest BCUT2D eigenvalue weighted by Crippen LogP contribution is -2.15. The van der Waals surface area contributed by atoms with Gasteiger partial charge in [-0.05, 0) is 42.8 Å². The van der Waals surface area contributed by atoms with E-state index < -0.39 is 12.6 Å². The fourth-order valence-electron chi connectivity index (χ4n) is 2.34. The van der Waals surface area contributed by atoms with Crippen molar-refractivity contribution in [2.75, 3.05) is 20.8 Å². The highest BCUT2D eigenvalue weighted by Gasteiger charge is 2.13. The van der Waals surface area contributed by atoms with Crippen LogP contribution < -0.4 is 18.9 Å². The van der Waals surface area contributed by atoms with Crippen LogP contribution in [0.1, 0.15) is 22.8 Å². The molecule has 2 aromatic carbocycles. The number of ketones is 1. The molecular weight excluding hydrogens is 390 g/mol. The maximum atomic E-state index is 12.3. The summed E-state index contributed by atoms with van der Waals surface area (Å²) in [6.07, 6.45) is 0. The summed E-state index contributed by atoms with van der Waals surface area (Å²) < 4.78 is 49.6. The number of hydrogen-bond donors (Lipinski definition) is 0. The Bertz CT molecular complexity index is 868. The summed E-state index contributed by atoms with van der Waals surface area (Å²) in [5.41, 5.74) is 0.963. The first-order valence-corrected chi connectivity index (χ1v) is 8.43. The summed E-state index contributed by atoms with van der Waals surface area (Å²) in [5.74, 6) is -0.230. The molecule has 2 aromatic rings. The average Bonchev–Trinajstić information content (AvgIpc) is 2.70. The van der Waals surface area contributed by atoms with Crippen LogP contribution in [0, 0.1) is 0 Å². The van der Waals surface area contributed by atoms with Crippen molar-refractivity contribution in [3.63, 3.8) is 0 Å². The predicted octanol–water partition coefficient (Wildman–Crippen LogP) is 3.63. The molecule has 0 saturated heterocycles. The molecule has 0 amide bonds. The van der Waals surface area contributed by atoms with Gasteiger partial charge in [0, 0.05) is 5.56 Å². The molecule has 0 N–H and O–H groups in total. The third kappa shape index (κ3) is 6.34. The Hall–Kier alpha value is -3.36. The van der Waals surface area contributed by atoms with Crippen LogP contribution in [0.3, 0.4) is 0 Å². The number of rotatable bonds is 10. The summed E-state index contributed by atoms with van der Waals surface area (Å²) >= 11 is 0. The number of hydrogen-bond acceptors (Lipinski definition) is 7. The average molecular weight is 410 g/mol. The van der Waals surface area contributed by atoms with Crippen LogP contribution in [-0.4, -0.2) is 39.2 Å². The van der Waals surface area contributed by atoms with Gasteiger partial charge >= 0.3 is 12.6 Å². The molecule has 0 saturated carbocycles. The van der Waals surface area contributed by atoms with Crippen molar-refractivity contribution in [3.05, 3.63) is 47.5 Å². The van der Waals surface area contributed by atoms with Crippen molar-refractivity contribution < 1.29 is 42.1 Å². The number of halogens is 2. The van der Waals surface area contributed by atoms with Gasteiger partial charge in [0.05, 0.1) is 14.2 Å². The maximum Gasteiger partial charge on any atom is 0.387 e. The quantitative estimate of drug-likeness (QED) is 0.437. The molecule has 0 aliphatic rings. The molecule has 7 nitrogen and oxygen atoms in total. The second-order valence-electron chi connectivity index (χ2n) is 5.73. The fourth-order valence-corrected chi connectivity index (χ4v) is 2.34. The highest BCUT2D eigenvalue weighted by molar-refractivity contribution is 5.94. The fraction of sp³-hybridized carbons (Fsp3) is 0.300. The zero-order valence-corrected chi connectivity index (χ0v) is 16.1. The minimum absolute atomic E-state index is 0.0883. The molecule has 0 aliphatic heterocycles. The standard InChI is InChI=1S/C20H20F2O7/c1-12(23)14-5-7-15(18(9-14)26-3)27-11-19(24)28-10-13-4-6-16(29-20(21)22)17(8-13)25-2/h4-9,20H,10-11H2,1-3H3. The van der Waals surface area contributed by atoms with Crippen LogP contribution >= 0.6 is 0 Å².